The number of carbonyl (C=O) groups is 4. The molecular formula is C63H113NO8. The predicted molar refractivity (Wildman–Crippen MR) is 303 cm³/mol. The molecule has 0 aromatic rings. The number of hydrogen-bond acceptors (Lipinski definition) is 9. The van der Waals surface area contributed by atoms with Crippen molar-refractivity contribution in [1.29, 1.82) is 0 Å². The van der Waals surface area contributed by atoms with Crippen LogP contribution < -0.4 is 0 Å². The van der Waals surface area contributed by atoms with Crippen molar-refractivity contribution in [3.05, 3.63) is 48.6 Å². The van der Waals surface area contributed by atoms with Crippen LogP contribution in [0, 0.1) is 0 Å². The molecule has 418 valence electrons. The molecule has 72 heavy (non-hydrogen) atoms. The number of carbonyl (C=O) groups excluding carboxylic acids is 4. The molecule has 1 atom stereocenters. The molecule has 0 bridgehead atoms. The zero-order chi connectivity index (χ0) is 52.6. The molecule has 9 heteroatoms. The zero-order valence-electron chi connectivity index (χ0n) is 47.6. The Kier molecular flexibility index (Phi) is 53.1. The number of ether oxygens (including phenoxy) is 4. The summed E-state index contributed by atoms with van der Waals surface area (Å²) in [4.78, 5) is 54.3. The van der Waals surface area contributed by atoms with Gasteiger partial charge in [-0.2, -0.15) is 0 Å². The van der Waals surface area contributed by atoms with E-state index < -0.39 is 12.1 Å². The molecular weight excluding hydrogens is 899 g/mol. The Morgan fingerprint density at radius 2 is 0.694 bits per heavy atom. The minimum absolute atomic E-state index is 0.0471. The number of rotatable bonds is 54. The number of unbranched alkanes of at least 4 members (excludes halogenated alkanes) is 25. The summed E-state index contributed by atoms with van der Waals surface area (Å²) in [5.74, 6) is -1.40. The van der Waals surface area contributed by atoms with Gasteiger partial charge in [0.1, 0.15) is 19.3 Å². The van der Waals surface area contributed by atoms with Crippen LogP contribution in [0.5, 0.6) is 0 Å². The van der Waals surface area contributed by atoms with E-state index in [0.29, 0.717) is 32.1 Å². The van der Waals surface area contributed by atoms with Crippen molar-refractivity contribution in [3.63, 3.8) is 0 Å². The Morgan fingerprint density at radius 3 is 1.14 bits per heavy atom. The lowest BCUT2D eigenvalue weighted by molar-refractivity contribution is -0.167. The minimum atomic E-state index is -0.914. The SMILES string of the molecule is CCCCC/C=C\C/C=C\CCCCCCCC(=O)OCC(COC(=O)CCCCCCC/C=C\C/C=C\CCCCC)OC(=O)CCC(CCCCCCCCCCCC)OC(=O)CCCN(CC)CC. The van der Waals surface area contributed by atoms with Crippen LogP contribution >= 0.6 is 0 Å². The molecule has 1 unspecified atom stereocenters. The summed E-state index contributed by atoms with van der Waals surface area (Å²) >= 11 is 0. The molecule has 0 amide bonds. The fraction of sp³-hybridized carbons (Fsp3) is 0.810. The molecule has 0 aromatic carbocycles. The summed E-state index contributed by atoms with van der Waals surface area (Å²) in [6, 6.07) is 0. The predicted octanol–water partition coefficient (Wildman–Crippen LogP) is 17.7. The second-order valence-electron chi connectivity index (χ2n) is 20.2. The molecule has 0 aromatic heterocycles. The number of nitrogens with zero attached hydrogens (tertiary/aromatic N) is 1. The third kappa shape index (κ3) is 50.3. The highest BCUT2D eigenvalue weighted by atomic mass is 16.6. The summed E-state index contributed by atoms with van der Waals surface area (Å²) in [6.07, 6.45) is 56.0. The van der Waals surface area contributed by atoms with E-state index in [0.717, 1.165) is 135 Å². The molecule has 0 aliphatic carbocycles. The number of esters is 4. The average molecular weight is 1010 g/mol. The first-order valence-electron chi connectivity index (χ1n) is 30.3. The maximum absolute atomic E-state index is 13.4. The second-order valence-corrected chi connectivity index (χ2v) is 20.2. The van der Waals surface area contributed by atoms with Crippen molar-refractivity contribution in [1.82, 2.24) is 4.90 Å². The monoisotopic (exact) mass is 1010 g/mol. The van der Waals surface area contributed by atoms with Gasteiger partial charge < -0.3 is 23.8 Å². The number of allylic oxidation sites excluding steroid dienone is 8. The highest BCUT2D eigenvalue weighted by Crippen LogP contribution is 2.18. The lowest BCUT2D eigenvalue weighted by Gasteiger charge is -2.21. The molecule has 0 saturated carbocycles. The van der Waals surface area contributed by atoms with Gasteiger partial charge in [-0.25, -0.2) is 0 Å². The van der Waals surface area contributed by atoms with Crippen molar-refractivity contribution in [2.45, 2.75) is 297 Å². The largest absolute Gasteiger partial charge is 0.462 e. The summed E-state index contributed by atoms with van der Waals surface area (Å²) < 4.78 is 23.0. The van der Waals surface area contributed by atoms with Crippen molar-refractivity contribution in [3.8, 4) is 0 Å². The van der Waals surface area contributed by atoms with Gasteiger partial charge in [-0.3, -0.25) is 19.2 Å². The maximum Gasteiger partial charge on any atom is 0.306 e. The van der Waals surface area contributed by atoms with E-state index in [4.69, 9.17) is 18.9 Å². The van der Waals surface area contributed by atoms with E-state index in [2.05, 4.69) is 88.1 Å². The molecule has 0 radical (unpaired) electrons. The van der Waals surface area contributed by atoms with Crippen molar-refractivity contribution >= 4 is 23.9 Å². The maximum atomic E-state index is 13.4. The number of hydrogen-bond donors (Lipinski definition) is 0. The molecule has 0 saturated heterocycles. The Balaban J connectivity index is 5.12. The Hall–Kier alpha value is -3.20. The van der Waals surface area contributed by atoms with E-state index in [-0.39, 0.29) is 43.6 Å². The first kappa shape index (κ1) is 68.8. The highest BCUT2D eigenvalue weighted by Gasteiger charge is 2.22. The summed E-state index contributed by atoms with van der Waals surface area (Å²) in [6.45, 7) is 13.4. The average Bonchev–Trinajstić information content (AvgIpc) is 3.38. The summed E-state index contributed by atoms with van der Waals surface area (Å²) in [5, 5.41) is 0. The van der Waals surface area contributed by atoms with Gasteiger partial charge in [-0.05, 0) is 122 Å². The fourth-order valence-corrected chi connectivity index (χ4v) is 8.67. The van der Waals surface area contributed by atoms with E-state index in [1.165, 1.54) is 96.3 Å². The summed E-state index contributed by atoms with van der Waals surface area (Å²) in [7, 11) is 0. The molecule has 0 aliphatic rings. The van der Waals surface area contributed by atoms with Crippen LogP contribution in [-0.2, 0) is 38.1 Å². The normalized spacial score (nSPS) is 12.4. The lowest BCUT2D eigenvalue weighted by Crippen LogP contribution is -2.31. The molecule has 0 rings (SSSR count). The molecule has 0 N–H and O–H groups in total. The van der Waals surface area contributed by atoms with E-state index in [9.17, 15) is 19.2 Å². The van der Waals surface area contributed by atoms with Gasteiger partial charge in [-0.15, -0.1) is 0 Å². The van der Waals surface area contributed by atoms with Gasteiger partial charge in [-0.1, -0.05) is 205 Å². The fourth-order valence-electron chi connectivity index (χ4n) is 8.67. The third-order valence-electron chi connectivity index (χ3n) is 13.4. The first-order valence-corrected chi connectivity index (χ1v) is 30.3. The van der Waals surface area contributed by atoms with Gasteiger partial charge in [0.15, 0.2) is 6.10 Å². The van der Waals surface area contributed by atoms with Gasteiger partial charge in [0.05, 0.1) is 0 Å². The molecule has 0 spiro atoms. The van der Waals surface area contributed by atoms with Gasteiger partial charge in [0.2, 0.25) is 0 Å². The van der Waals surface area contributed by atoms with Gasteiger partial charge in [0.25, 0.3) is 0 Å². The van der Waals surface area contributed by atoms with Gasteiger partial charge in [0, 0.05) is 25.7 Å². The molecule has 0 aliphatic heterocycles. The van der Waals surface area contributed by atoms with Crippen LogP contribution in [0.4, 0.5) is 0 Å². The lowest BCUT2D eigenvalue weighted by atomic mass is 10.0. The first-order chi connectivity index (χ1) is 35.3. The quantitative estimate of drug-likeness (QED) is 0.0255. The third-order valence-corrected chi connectivity index (χ3v) is 13.4. The topological polar surface area (TPSA) is 108 Å². The summed E-state index contributed by atoms with van der Waals surface area (Å²) in [5.41, 5.74) is 0. The Labute approximate surface area is 443 Å². The molecule has 0 heterocycles. The van der Waals surface area contributed by atoms with Crippen LogP contribution in [0.3, 0.4) is 0 Å². The Morgan fingerprint density at radius 1 is 0.347 bits per heavy atom. The van der Waals surface area contributed by atoms with E-state index in [1.807, 2.05) is 0 Å². The van der Waals surface area contributed by atoms with Crippen molar-refractivity contribution in [2.75, 3.05) is 32.8 Å². The van der Waals surface area contributed by atoms with Crippen molar-refractivity contribution in [2.24, 2.45) is 0 Å². The molecule has 9 nitrogen and oxygen atoms in total. The highest BCUT2D eigenvalue weighted by molar-refractivity contribution is 5.71. The van der Waals surface area contributed by atoms with Crippen LogP contribution in [0.1, 0.15) is 285 Å². The standard InChI is InChI=1S/C63H113NO8/c1-6-11-14-17-20-23-26-28-30-32-34-37-40-43-46-50-60(65)69-56-59(57-70-61(66)51-47-44-41-38-35-33-31-29-27-24-21-18-15-12-7-2)72-63(68)54-53-58(71-62(67)52-48-55-64(9-4)10-5)49-45-42-39-36-25-22-19-16-13-8-3/h20-21,23-24,28-31,58-59H,6-19,22,25-27,32-57H2,1-5H3/b23-20-,24-21-,30-28-,31-29-. The smallest absolute Gasteiger partial charge is 0.306 e. The second kappa shape index (κ2) is 55.5. The molecule has 0 fully saturated rings. The van der Waals surface area contributed by atoms with E-state index in [1.54, 1.807) is 0 Å². The van der Waals surface area contributed by atoms with Gasteiger partial charge >= 0.3 is 23.9 Å². The van der Waals surface area contributed by atoms with Crippen LogP contribution in [0.15, 0.2) is 48.6 Å². The zero-order valence-corrected chi connectivity index (χ0v) is 47.6. The Bertz CT molecular complexity index is 1290. The van der Waals surface area contributed by atoms with E-state index >= 15 is 0 Å². The van der Waals surface area contributed by atoms with Crippen LogP contribution in [-0.4, -0.2) is 73.8 Å². The van der Waals surface area contributed by atoms with Crippen LogP contribution in [0.25, 0.3) is 0 Å². The minimum Gasteiger partial charge on any atom is -0.462 e. The van der Waals surface area contributed by atoms with Crippen molar-refractivity contribution < 1.29 is 38.1 Å². The van der Waals surface area contributed by atoms with Crippen LogP contribution in [0.2, 0.25) is 0 Å².